The summed E-state index contributed by atoms with van der Waals surface area (Å²) in [6, 6.07) is 11.3. The molecule has 0 atom stereocenters. The largest absolute Gasteiger partial charge is 0.369 e. The molecule has 3 N–H and O–H groups in total. The van der Waals surface area contributed by atoms with Gasteiger partial charge in [-0.1, -0.05) is 37.5 Å². The van der Waals surface area contributed by atoms with Gasteiger partial charge in [-0.05, 0) is 31.4 Å². The van der Waals surface area contributed by atoms with Gasteiger partial charge in [0.05, 0.1) is 6.07 Å². The van der Waals surface area contributed by atoms with Crippen LogP contribution in [-0.4, -0.2) is 41.2 Å². The summed E-state index contributed by atoms with van der Waals surface area (Å²) in [4.78, 5) is 39.0. The zero-order valence-electron chi connectivity index (χ0n) is 17.4. The third-order valence-electron chi connectivity index (χ3n) is 6.68. The number of carbonyl (C=O) groups excluding carboxylic acids is 3. The van der Waals surface area contributed by atoms with Crippen LogP contribution in [0.5, 0.6) is 0 Å². The molecule has 0 spiro atoms. The van der Waals surface area contributed by atoms with E-state index in [1.807, 2.05) is 18.2 Å². The zero-order valence-corrected chi connectivity index (χ0v) is 17.4. The second kappa shape index (κ2) is 9.29. The van der Waals surface area contributed by atoms with Crippen molar-refractivity contribution >= 4 is 17.7 Å². The van der Waals surface area contributed by atoms with E-state index in [-0.39, 0.29) is 24.1 Å². The number of hydrogen-bond acceptors (Lipinski definition) is 4. The first-order chi connectivity index (χ1) is 14.4. The van der Waals surface area contributed by atoms with Crippen LogP contribution in [0, 0.1) is 16.7 Å². The summed E-state index contributed by atoms with van der Waals surface area (Å²) < 4.78 is 0. The van der Waals surface area contributed by atoms with Crippen molar-refractivity contribution in [2.75, 3.05) is 13.1 Å². The number of nitriles is 1. The molecule has 1 saturated carbocycles. The molecule has 7 nitrogen and oxygen atoms in total. The van der Waals surface area contributed by atoms with Crippen molar-refractivity contribution < 1.29 is 14.4 Å². The first kappa shape index (κ1) is 21.8. The Hall–Kier alpha value is -2.88. The van der Waals surface area contributed by atoms with Crippen molar-refractivity contribution in [3.63, 3.8) is 0 Å². The Morgan fingerprint density at radius 3 is 2.23 bits per heavy atom. The van der Waals surface area contributed by atoms with Crippen LogP contribution in [0.25, 0.3) is 0 Å². The van der Waals surface area contributed by atoms with Gasteiger partial charge in [0, 0.05) is 43.3 Å². The van der Waals surface area contributed by atoms with Crippen LogP contribution in [0.3, 0.4) is 0 Å². The third-order valence-corrected chi connectivity index (χ3v) is 6.68. The number of piperidine rings is 1. The third kappa shape index (κ3) is 4.81. The van der Waals surface area contributed by atoms with Gasteiger partial charge in [-0.15, -0.1) is 0 Å². The normalized spacial score (nSPS) is 20.0. The summed E-state index contributed by atoms with van der Waals surface area (Å²) in [5.41, 5.74) is 4.70. The maximum Gasteiger partial charge on any atom is 0.253 e. The van der Waals surface area contributed by atoms with Crippen LogP contribution in [0.2, 0.25) is 0 Å². The number of hydrogen-bond donors (Lipinski definition) is 2. The predicted octanol–water partition coefficient (Wildman–Crippen LogP) is 2.52. The molecule has 0 aromatic heterocycles. The van der Waals surface area contributed by atoms with Crippen LogP contribution in [0.4, 0.5) is 0 Å². The number of amides is 3. The van der Waals surface area contributed by atoms with E-state index in [4.69, 9.17) is 5.73 Å². The maximum atomic E-state index is 12.6. The molecular formula is C23H30N4O3. The molecule has 2 aliphatic rings. The molecule has 1 aromatic rings. The number of likely N-dealkylation sites (tertiary alicyclic amines) is 1. The monoisotopic (exact) mass is 410 g/mol. The number of nitrogens with one attached hydrogen (secondary N) is 1. The van der Waals surface area contributed by atoms with Gasteiger partial charge in [0.15, 0.2) is 0 Å². The molecule has 3 rings (SSSR count). The molecular weight excluding hydrogens is 380 g/mol. The van der Waals surface area contributed by atoms with Gasteiger partial charge in [-0.2, -0.15) is 5.26 Å². The number of nitrogens with zero attached hydrogens (tertiary/aromatic N) is 2. The van der Waals surface area contributed by atoms with Crippen molar-refractivity contribution in [2.45, 2.75) is 63.3 Å². The second-order valence-corrected chi connectivity index (χ2v) is 8.61. The van der Waals surface area contributed by atoms with E-state index in [1.54, 1.807) is 17.0 Å². The van der Waals surface area contributed by atoms with Crippen LogP contribution < -0.4 is 11.1 Å². The van der Waals surface area contributed by atoms with Gasteiger partial charge in [-0.3, -0.25) is 14.4 Å². The molecule has 0 radical (unpaired) electrons. The van der Waals surface area contributed by atoms with E-state index in [2.05, 4.69) is 11.4 Å². The standard InChI is InChI=1S/C23H30N4O3/c24-17-23(13-15-27(16-14-23)20(29)18-7-3-1-4-8-18)26-19(28)9-12-22(21(25)30)10-5-2-6-11-22/h1,3-4,7-8H,2,5-6,9-16H2,(H2,25,30)(H,26,28). The molecule has 7 heteroatoms. The summed E-state index contributed by atoms with van der Waals surface area (Å²) in [5, 5.41) is 12.6. The van der Waals surface area contributed by atoms with E-state index in [9.17, 15) is 19.6 Å². The number of benzene rings is 1. The first-order valence-electron chi connectivity index (χ1n) is 10.8. The molecule has 1 aromatic carbocycles. The SMILES string of the molecule is N#CC1(NC(=O)CCC2(C(N)=O)CCCCC2)CCN(C(=O)c2ccccc2)CC1. The highest BCUT2D eigenvalue weighted by atomic mass is 16.2. The Bertz CT molecular complexity index is 817. The summed E-state index contributed by atoms with van der Waals surface area (Å²) in [6.07, 6.45) is 5.84. The molecule has 1 heterocycles. The van der Waals surface area contributed by atoms with Gasteiger partial charge in [0.2, 0.25) is 11.8 Å². The van der Waals surface area contributed by atoms with Crippen molar-refractivity contribution in [1.82, 2.24) is 10.2 Å². The Kier molecular flexibility index (Phi) is 6.76. The average molecular weight is 411 g/mol. The number of nitrogens with two attached hydrogens (primary N) is 1. The van der Waals surface area contributed by atoms with Crippen LogP contribution in [0.15, 0.2) is 30.3 Å². The van der Waals surface area contributed by atoms with Gasteiger partial charge >= 0.3 is 0 Å². The van der Waals surface area contributed by atoms with Gasteiger partial charge in [0.25, 0.3) is 5.91 Å². The zero-order chi connectivity index (χ0) is 21.6. The smallest absolute Gasteiger partial charge is 0.253 e. The molecule has 0 bridgehead atoms. The fourth-order valence-electron chi connectivity index (χ4n) is 4.65. The molecule has 3 amide bonds. The lowest BCUT2D eigenvalue weighted by Crippen LogP contribution is -2.55. The lowest BCUT2D eigenvalue weighted by Gasteiger charge is -2.38. The van der Waals surface area contributed by atoms with Crippen molar-refractivity contribution in [3.05, 3.63) is 35.9 Å². The lowest BCUT2D eigenvalue weighted by atomic mass is 9.70. The maximum absolute atomic E-state index is 12.6. The molecule has 1 saturated heterocycles. The second-order valence-electron chi connectivity index (χ2n) is 8.61. The van der Waals surface area contributed by atoms with Crippen molar-refractivity contribution in [3.8, 4) is 6.07 Å². The van der Waals surface area contributed by atoms with E-state index < -0.39 is 11.0 Å². The predicted molar refractivity (Wildman–Crippen MR) is 112 cm³/mol. The van der Waals surface area contributed by atoms with Crippen molar-refractivity contribution in [1.29, 1.82) is 5.26 Å². The quantitative estimate of drug-likeness (QED) is 0.749. The van der Waals surface area contributed by atoms with Crippen LogP contribution in [-0.2, 0) is 9.59 Å². The summed E-state index contributed by atoms with van der Waals surface area (Å²) in [7, 11) is 0. The minimum atomic E-state index is -0.975. The number of carbonyl (C=O) groups is 3. The highest BCUT2D eigenvalue weighted by molar-refractivity contribution is 5.94. The Labute approximate surface area is 177 Å². The average Bonchev–Trinajstić information content (AvgIpc) is 2.79. The van der Waals surface area contributed by atoms with E-state index in [1.165, 1.54) is 0 Å². The molecule has 1 aliphatic heterocycles. The summed E-state index contributed by atoms with van der Waals surface area (Å²) in [5.74, 6) is -0.613. The van der Waals surface area contributed by atoms with Gasteiger partial charge in [-0.25, -0.2) is 0 Å². The highest BCUT2D eigenvalue weighted by Crippen LogP contribution is 2.40. The van der Waals surface area contributed by atoms with Crippen LogP contribution >= 0.6 is 0 Å². The Morgan fingerprint density at radius 1 is 1.03 bits per heavy atom. The Balaban J connectivity index is 1.55. The van der Waals surface area contributed by atoms with E-state index in [0.717, 1.165) is 32.1 Å². The van der Waals surface area contributed by atoms with Gasteiger partial charge < -0.3 is 16.0 Å². The van der Waals surface area contributed by atoms with Gasteiger partial charge in [0.1, 0.15) is 5.54 Å². The minimum Gasteiger partial charge on any atom is -0.369 e. The fourth-order valence-corrected chi connectivity index (χ4v) is 4.65. The molecule has 30 heavy (non-hydrogen) atoms. The lowest BCUT2D eigenvalue weighted by molar-refractivity contribution is -0.131. The first-order valence-corrected chi connectivity index (χ1v) is 10.8. The summed E-state index contributed by atoms with van der Waals surface area (Å²) in [6.45, 7) is 0.819. The van der Waals surface area contributed by atoms with Crippen molar-refractivity contribution in [2.24, 2.45) is 11.1 Å². The number of rotatable bonds is 6. The molecule has 2 fully saturated rings. The van der Waals surface area contributed by atoms with E-state index >= 15 is 0 Å². The highest BCUT2D eigenvalue weighted by Gasteiger charge is 2.40. The number of primary amides is 1. The molecule has 160 valence electrons. The fraction of sp³-hybridized carbons (Fsp3) is 0.565. The topological polar surface area (TPSA) is 116 Å². The van der Waals surface area contributed by atoms with E-state index in [0.29, 0.717) is 37.9 Å². The molecule has 1 aliphatic carbocycles. The molecule has 0 unspecified atom stereocenters. The summed E-state index contributed by atoms with van der Waals surface area (Å²) >= 11 is 0. The Morgan fingerprint density at radius 2 is 1.67 bits per heavy atom. The minimum absolute atomic E-state index is 0.0610. The van der Waals surface area contributed by atoms with Crippen LogP contribution in [0.1, 0.15) is 68.1 Å².